The molecule has 0 saturated carbocycles. The Bertz CT molecular complexity index is 680. The van der Waals surface area contributed by atoms with E-state index >= 15 is 0 Å². The molecular formula is C18H21ClN2OS. The van der Waals surface area contributed by atoms with Gasteiger partial charge in [-0.3, -0.25) is 0 Å². The Morgan fingerprint density at radius 2 is 1.91 bits per heavy atom. The smallest absolute Gasteiger partial charge is 0.170 e. The minimum atomic E-state index is 0.534. The predicted molar refractivity (Wildman–Crippen MR) is 102 cm³/mol. The second-order valence-electron chi connectivity index (χ2n) is 5.48. The molecule has 2 aromatic rings. The van der Waals surface area contributed by atoms with Crippen molar-refractivity contribution in [3.63, 3.8) is 0 Å². The first-order valence-electron chi connectivity index (χ1n) is 7.47. The molecule has 2 N–H and O–H groups in total. The van der Waals surface area contributed by atoms with E-state index in [2.05, 4.69) is 16.7 Å². The Hall–Kier alpha value is -1.78. The molecule has 0 amide bonds. The Kier molecular flexibility index (Phi) is 6.25. The van der Waals surface area contributed by atoms with Crippen molar-refractivity contribution in [2.45, 2.75) is 20.8 Å². The average molecular weight is 349 g/mol. The van der Waals surface area contributed by atoms with Crippen molar-refractivity contribution in [2.75, 3.05) is 18.5 Å². The second kappa shape index (κ2) is 8.18. The molecule has 0 radical (unpaired) electrons. The van der Waals surface area contributed by atoms with Crippen LogP contribution in [0.15, 0.2) is 36.4 Å². The maximum Gasteiger partial charge on any atom is 0.170 e. The van der Waals surface area contributed by atoms with Gasteiger partial charge in [0.1, 0.15) is 12.4 Å². The maximum absolute atomic E-state index is 6.26. The summed E-state index contributed by atoms with van der Waals surface area (Å²) >= 11 is 11.6. The Morgan fingerprint density at radius 3 is 2.61 bits per heavy atom. The third-order valence-electron chi connectivity index (χ3n) is 3.32. The Morgan fingerprint density at radius 1 is 1.13 bits per heavy atom. The summed E-state index contributed by atoms with van der Waals surface area (Å²) in [6, 6.07) is 12.0. The number of ether oxygens (including phenoxy) is 1. The molecule has 3 nitrogen and oxygen atoms in total. The summed E-state index contributed by atoms with van der Waals surface area (Å²) in [4.78, 5) is 0. The van der Waals surface area contributed by atoms with E-state index in [1.807, 2.05) is 51.1 Å². The third kappa shape index (κ3) is 5.41. The number of benzene rings is 2. The molecule has 0 bridgehead atoms. The second-order valence-corrected chi connectivity index (χ2v) is 6.30. The van der Waals surface area contributed by atoms with Crippen LogP contribution in [-0.4, -0.2) is 18.3 Å². The van der Waals surface area contributed by atoms with Crippen LogP contribution in [0.25, 0.3) is 0 Å². The van der Waals surface area contributed by atoms with Gasteiger partial charge in [0.05, 0.1) is 17.3 Å². The fourth-order valence-corrected chi connectivity index (χ4v) is 2.84. The van der Waals surface area contributed by atoms with Gasteiger partial charge in [0.15, 0.2) is 5.11 Å². The lowest BCUT2D eigenvalue weighted by molar-refractivity contribution is 0.322. The first kappa shape index (κ1) is 17.6. The molecular weight excluding hydrogens is 328 g/mol. The summed E-state index contributed by atoms with van der Waals surface area (Å²) in [7, 11) is 0. The van der Waals surface area contributed by atoms with Crippen molar-refractivity contribution in [1.29, 1.82) is 0 Å². The minimum absolute atomic E-state index is 0.534. The van der Waals surface area contributed by atoms with Crippen LogP contribution in [0, 0.1) is 20.8 Å². The van der Waals surface area contributed by atoms with Gasteiger partial charge in [-0.2, -0.15) is 0 Å². The van der Waals surface area contributed by atoms with Crippen molar-refractivity contribution in [2.24, 2.45) is 0 Å². The standard InChI is InChI=1S/C18H21ClN2OS/c1-12-5-4-6-15(10-12)22-8-7-20-18(23)21-17-14(3)9-13(2)11-16(17)19/h4-6,9-11H,7-8H2,1-3H3,(H2,20,21,23). The third-order valence-corrected chi connectivity index (χ3v) is 3.86. The first-order chi connectivity index (χ1) is 11.0. The highest BCUT2D eigenvalue weighted by Crippen LogP contribution is 2.27. The van der Waals surface area contributed by atoms with E-state index in [1.165, 1.54) is 5.56 Å². The SMILES string of the molecule is Cc1cccc(OCCNC(=S)Nc2c(C)cc(C)cc2Cl)c1. The van der Waals surface area contributed by atoms with Gasteiger partial charge in [-0.1, -0.05) is 29.8 Å². The lowest BCUT2D eigenvalue weighted by atomic mass is 10.1. The highest BCUT2D eigenvalue weighted by atomic mass is 35.5. The minimum Gasteiger partial charge on any atom is -0.492 e. The Balaban J connectivity index is 1.80. The van der Waals surface area contributed by atoms with Gasteiger partial charge in [0.25, 0.3) is 0 Å². The van der Waals surface area contributed by atoms with Crippen molar-refractivity contribution < 1.29 is 4.74 Å². The number of hydrogen-bond acceptors (Lipinski definition) is 2. The van der Waals surface area contributed by atoms with Gasteiger partial charge in [0, 0.05) is 0 Å². The number of halogens is 1. The van der Waals surface area contributed by atoms with Crippen LogP contribution in [0.3, 0.4) is 0 Å². The molecule has 0 spiro atoms. The average Bonchev–Trinajstić information content (AvgIpc) is 2.47. The van der Waals surface area contributed by atoms with E-state index in [9.17, 15) is 0 Å². The molecule has 0 saturated heterocycles. The topological polar surface area (TPSA) is 33.3 Å². The molecule has 0 aliphatic rings. The van der Waals surface area contributed by atoms with E-state index in [4.69, 9.17) is 28.6 Å². The maximum atomic E-state index is 6.26. The lowest BCUT2D eigenvalue weighted by Crippen LogP contribution is -2.32. The quantitative estimate of drug-likeness (QED) is 0.609. The fraction of sp³-hybridized carbons (Fsp3) is 0.278. The summed E-state index contributed by atoms with van der Waals surface area (Å²) in [6.45, 7) is 7.21. The highest BCUT2D eigenvalue weighted by Gasteiger charge is 2.07. The molecule has 2 aromatic carbocycles. The zero-order chi connectivity index (χ0) is 16.8. The van der Waals surface area contributed by atoms with E-state index in [0.29, 0.717) is 23.3 Å². The summed E-state index contributed by atoms with van der Waals surface area (Å²) in [6.07, 6.45) is 0. The zero-order valence-electron chi connectivity index (χ0n) is 13.6. The van der Waals surface area contributed by atoms with Crippen molar-refractivity contribution >= 4 is 34.6 Å². The molecule has 5 heteroatoms. The largest absolute Gasteiger partial charge is 0.492 e. The van der Waals surface area contributed by atoms with E-state index in [0.717, 1.165) is 22.6 Å². The normalized spacial score (nSPS) is 10.3. The van der Waals surface area contributed by atoms with Gasteiger partial charge in [-0.25, -0.2) is 0 Å². The molecule has 2 rings (SSSR count). The number of rotatable bonds is 5. The number of thiocarbonyl (C=S) groups is 1. The van der Waals surface area contributed by atoms with Crippen molar-refractivity contribution in [1.82, 2.24) is 5.32 Å². The van der Waals surface area contributed by atoms with Crippen LogP contribution in [0.5, 0.6) is 5.75 Å². The first-order valence-corrected chi connectivity index (χ1v) is 8.25. The monoisotopic (exact) mass is 348 g/mol. The number of anilines is 1. The van der Waals surface area contributed by atoms with Gasteiger partial charge >= 0.3 is 0 Å². The molecule has 0 aliphatic carbocycles. The number of hydrogen-bond donors (Lipinski definition) is 2. The van der Waals surface area contributed by atoms with Crippen LogP contribution in [0.2, 0.25) is 5.02 Å². The van der Waals surface area contributed by atoms with Crippen LogP contribution >= 0.6 is 23.8 Å². The van der Waals surface area contributed by atoms with Crippen LogP contribution < -0.4 is 15.4 Å². The molecule has 0 unspecified atom stereocenters. The van der Waals surface area contributed by atoms with E-state index < -0.39 is 0 Å². The number of nitrogens with one attached hydrogen (secondary N) is 2. The number of aryl methyl sites for hydroxylation is 3. The Labute approximate surface area is 148 Å². The van der Waals surface area contributed by atoms with Crippen LogP contribution in [0.1, 0.15) is 16.7 Å². The molecule has 0 aliphatic heterocycles. The molecule has 0 fully saturated rings. The van der Waals surface area contributed by atoms with Crippen LogP contribution in [0.4, 0.5) is 5.69 Å². The van der Waals surface area contributed by atoms with Gasteiger partial charge in [-0.15, -0.1) is 0 Å². The highest BCUT2D eigenvalue weighted by molar-refractivity contribution is 7.80. The summed E-state index contributed by atoms with van der Waals surface area (Å²) in [5, 5.41) is 7.47. The van der Waals surface area contributed by atoms with Crippen LogP contribution in [-0.2, 0) is 0 Å². The van der Waals surface area contributed by atoms with E-state index in [-0.39, 0.29) is 0 Å². The lowest BCUT2D eigenvalue weighted by Gasteiger charge is -2.15. The van der Waals surface area contributed by atoms with Crippen molar-refractivity contribution in [3.05, 3.63) is 58.1 Å². The molecule has 0 heterocycles. The van der Waals surface area contributed by atoms with E-state index in [1.54, 1.807) is 0 Å². The van der Waals surface area contributed by atoms with Gasteiger partial charge in [0.2, 0.25) is 0 Å². The molecule has 122 valence electrons. The van der Waals surface area contributed by atoms with Gasteiger partial charge in [-0.05, 0) is 67.9 Å². The summed E-state index contributed by atoms with van der Waals surface area (Å²) < 4.78 is 5.67. The van der Waals surface area contributed by atoms with Crippen molar-refractivity contribution in [3.8, 4) is 5.75 Å². The predicted octanol–water partition coefficient (Wildman–Crippen LogP) is 4.63. The summed E-state index contributed by atoms with van der Waals surface area (Å²) in [5.41, 5.74) is 4.21. The zero-order valence-corrected chi connectivity index (χ0v) is 15.1. The fourth-order valence-electron chi connectivity index (χ4n) is 2.27. The molecule has 0 atom stereocenters. The molecule has 0 aromatic heterocycles. The molecule has 23 heavy (non-hydrogen) atoms. The van der Waals surface area contributed by atoms with Gasteiger partial charge < -0.3 is 15.4 Å². The summed E-state index contributed by atoms with van der Waals surface area (Å²) in [5.74, 6) is 0.864.